The van der Waals surface area contributed by atoms with Gasteiger partial charge < -0.3 is 14.8 Å². The summed E-state index contributed by atoms with van der Waals surface area (Å²) < 4.78 is 10.9. The molecule has 0 spiro atoms. The van der Waals surface area contributed by atoms with Crippen LogP contribution in [0.2, 0.25) is 0 Å². The molecule has 190 valence electrons. The number of non-ortho nitro benzene ring substituents is 1. The molecule has 4 aromatic carbocycles. The lowest BCUT2D eigenvalue weighted by molar-refractivity contribution is -0.384. The van der Waals surface area contributed by atoms with Crippen LogP contribution in [-0.2, 0) is 4.74 Å². The smallest absolute Gasteiger partial charge is 0.341 e. The molecule has 0 aromatic heterocycles. The molecule has 9 nitrogen and oxygen atoms in total. The summed E-state index contributed by atoms with van der Waals surface area (Å²) in [6.45, 7) is 0. The van der Waals surface area contributed by atoms with Crippen LogP contribution in [0.1, 0.15) is 42.7 Å². The molecule has 1 amide bonds. The number of anilines is 1. The topological polar surface area (TPSA) is 125 Å². The minimum absolute atomic E-state index is 0.00902. The average Bonchev–Trinajstić information content (AvgIpc) is 2.96. The fourth-order valence-electron chi connectivity index (χ4n) is 3.70. The molecule has 38 heavy (non-hydrogen) atoms. The number of hydrogen-bond acceptors (Lipinski definition) is 7. The second-order valence-electron chi connectivity index (χ2n) is 8.10. The number of ketones is 1. The van der Waals surface area contributed by atoms with Gasteiger partial charge in [0.25, 0.3) is 11.6 Å². The molecule has 0 fully saturated rings. The van der Waals surface area contributed by atoms with E-state index in [1.807, 2.05) is 0 Å². The van der Waals surface area contributed by atoms with Crippen molar-refractivity contribution in [3.05, 3.63) is 135 Å². The number of nitro groups is 1. The molecular weight excluding hydrogens is 488 g/mol. The number of nitrogens with one attached hydrogen (secondary N) is 1. The zero-order chi connectivity index (χ0) is 27.1. The van der Waals surface area contributed by atoms with Crippen LogP contribution in [0.15, 0.2) is 103 Å². The Balaban J connectivity index is 1.61. The molecule has 0 aliphatic carbocycles. The SMILES string of the molecule is COc1ccc(C(=O)[C@@H](OC(=O)c2ccccc2NC(=O)c2cccc([N+](=O)[O-])c2)c2ccccc2)cc1. The fraction of sp³-hybridized carbons (Fsp3) is 0.0690. The van der Waals surface area contributed by atoms with E-state index in [9.17, 15) is 24.5 Å². The van der Waals surface area contributed by atoms with Gasteiger partial charge in [0.2, 0.25) is 5.78 Å². The second kappa shape index (κ2) is 11.6. The molecule has 4 rings (SSSR count). The molecule has 0 heterocycles. The van der Waals surface area contributed by atoms with Crippen molar-refractivity contribution in [3.63, 3.8) is 0 Å². The maximum atomic E-state index is 13.4. The molecule has 4 aromatic rings. The highest BCUT2D eigenvalue weighted by Gasteiger charge is 2.28. The number of esters is 1. The van der Waals surface area contributed by atoms with Crippen LogP contribution in [0.25, 0.3) is 0 Å². The summed E-state index contributed by atoms with van der Waals surface area (Å²) in [5, 5.41) is 13.7. The number of carbonyl (C=O) groups excluding carboxylic acids is 3. The molecule has 0 aliphatic rings. The predicted octanol–water partition coefficient (Wildman–Crippen LogP) is 5.64. The number of nitro benzene ring substituents is 1. The lowest BCUT2D eigenvalue weighted by Crippen LogP contribution is -2.22. The van der Waals surface area contributed by atoms with Gasteiger partial charge in [0.05, 0.1) is 23.3 Å². The minimum Gasteiger partial charge on any atom is -0.497 e. The van der Waals surface area contributed by atoms with Gasteiger partial charge in [-0.05, 0) is 42.5 Å². The Morgan fingerprint density at radius 3 is 2.18 bits per heavy atom. The molecule has 0 bridgehead atoms. The predicted molar refractivity (Wildman–Crippen MR) is 139 cm³/mol. The highest BCUT2D eigenvalue weighted by Crippen LogP contribution is 2.27. The Morgan fingerprint density at radius 1 is 0.816 bits per heavy atom. The van der Waals surface area contributed by atoms with Crippen molar-refractivity contribution in [3.8, 4) is 5.75 Å². The van der Waals surface area contributed by atoms with E-state index in [2.05, 4.69) is 5.32 Å². The van der Waals surface area contributed by atoms with Gasteiger partial charge in [0, 0.05) is 28.8 Å². The van der Waals surface area contributed by atoms with Gasteiger partial charge >= 0.3 is 5.97 Å². The highest BCUT2D eigenvalue weighted by molar-refractivity contribution is 6.09. The molecule has 1 atom stereocenters. The van der Waals surface area contributed by atoms with Crippen LogP contribution in [-0.4, -0.2) is 29.7 Å². The number of Topliss-reactive ketones (excluding diaryl/α,β-unsaturated/α-hetero) is 1. The molecule has 9 heteroatoms. The Morgan fingerprint density at radius 2 is 1.50 bits per heavy atom. The van der Waals surface area contributed by atoms with Crippen molar-refractivity contribution in [2.24, 2.45) is 0 Å². The minimum atomic E-state index is -1.25. The number of hydrogen-bond donors (Lipinski definition) is 1. The summed E-state index contributed by atoms with van der Waals surface area (Å²) in [7, 11) is 1.51. The van der Waals surface area contributed by atoms with Crippen molar-refractivity contribution in [1.82, 2.24) is 0 Å². The molecule has 0 unspecified atom stereocenters. The zero-order valence-electron chi connectivity index (χ0n) is 20.2. The number of amides is 1. The number of ether oxygens (including phenoxy) is 2. The summed E-state index contributed by atoms with van der Waals surface area (Å²) >= 11 is 0. The first-order valence-corrected chi connectivity index (χ1v) is 11.5. The van der Waals surface area contributed by atoms with Crippen LogP contribution in [0.3, 0.4) is 0 Å². The van der Waals surface area contributed by atoms with E-state index >= 15 is 0 Å². The monoisotopic (exact) mass is 510 g/mol. The lowest BCUT2D eigenvalue weighted by atomic mass is 9.99. The van der Waals surface area contributed by atoms with Crippen LogP contribution >= 0.6 is 0 Å². The van der Waals surface area contributed by atoms with Gasteiger partial charge in [-0.2, -0.15) is 0 Å². The second-order valence-corrected chi connectivity index (χ2v) is 8.10. The van der Waals surface area contributed by atoms with E-state index in [1.165, 1.54) is 37.4 Å². The van der Waals surface area contributed by atoms with E-state index in [0.717, 1.165) is 6.07 Å². The maximum Gasteiger partial charge on any atom is 0.341 e. The Labute approximate surface area is 217 Å². The first-order chi connectivity index (χ1) is 18.4. The van der Waals surface area contributed by atoms with Crippen molar-refractivity contribution in [2.75, 3.05) is 12.4 Å². The normalized spacial score (nSPS) is 11.2. The van der Waals surface area contributed by atoms with Crippen LogP contribution in [0, 0.1) is 10.1 Å². The third-order valence-electron chi connectivity index (χ3n) is 5.65. The van der Waals surface area contributed by atoms with Gasteiger partial charge in [-0.25, -0.2) is 4.79 Å². The quantitative estimate of drug-likeness (QED) is 0.134. The van der Waals surface area contributed by atoms with Crippen LogP contribution in [0.5, 0.6) is 5.75 Å². The van der Waals surface area contributed by atoms with E-state index < -0.39 is 28.7 Å². The maximum absolute atomic E-state index is 13.4. The Kier molecular flexibility index (Phi) is 7.88. The fourth-order valence-corrected chi connectivity index (χ4v) is 3.70. The third-order valence-corrected chi connectivity index (χ3v) is 5.65. The van der Waals surface area contributed by atoms with E-state index in [4.69, 9.17) is 9.47 Å². The third kappa shape index (κ3) is 5.90. The summed E-state index contributed by atoms with van der Waals surface area (Å²) in [4.78, 5) is 50.0. The summed E-state index contributed by atoms with van der Waals surface area (Å²) in [6.07, 6.45) is -1.25. The van der Waals surface area contributed by atoms with E-state index in [1.54, 1.807) is 66.7 Å². The first kappa shape index (κ1) is 25.8. The summed E-state index contributed by atoms with van der Waals surface area (Å²) in [6, 6.07) is 26.4. The number of benzene rings is 4. The van der Waals surface area contributed by atoms with E-state index in [-0.39, 0.29) is 22.5 Å². The number of carbonyl (C=O) groups is 3. The van der Waals surface area contributed by atoms with Gasteiger partial charge in [-0.15, -0.1) is 0 Å². The molecule has 0 saturated heterocycles. The lowest BCUT2D eigenvalue weighted by Gasteiger charge is -2.19. The Hall–Kier alpha value is -5.31. The van der Waals surface area contributed by atoms with Crippen molar-refractivity contribution in [1.29, 1.82) is 0 Å². The molecular formula is C29H22N2O7. The molecule has 0 saturated carbocycles. The summed E-state index contributed by atoms with van der Waals surface area (Å²) in [5.74, 6) is -1.35. The van der Waals surface area contributed by atoms with Gasteiger partial charge in [0.15, 0.2) is 6.10 Å². The zero-order valence-corrected chi connectivity index (χ0v) is 20.2. The number of nitrogens with zero attached hydrogens (tertiary/aromatic N) is 1. The molecule has 1 N–H and O–H groups in total. The van der Waals surface area contributed by atoms with Crippen molar-refractivity contribution >= 4 is 29.0 Å². The molecule has 0 radical (unpaired) electrons. The first-order valence-electron chi connectivity index (χ1n) is 11.5. The number of rotatable bonds is 9. The van der Waals surface area contributed by atoms with Gasteiger partial charge in [-0.1, -0.05) is 48.5 Å². The van der Waals surface area contributed by atoms with Crippen LogP contribution < -0.4 is 10.1 Å². The number of methoxy groups -OCH3 is 1. The highest BCUT2D eigenvalue weighted by atomic mass is 16.6. The van der Waals surface area contributed by atoms with Crippen LogP contribution in [0.4, 0.5) is 11.4 Å². The van der Waals surface area contributed by atoms with Crippen molar-refractivity contribution in [2.45, 2.75) is 6.10 Å². The standard InChI is InChI=1S/C29H22N2O7/c1-37-23-16-14-19(15-17-23)26(32)27(20-8-3-2-4-9-20)38-29(34)24-12-5-6-13-25(24)30-28(33)21-10-7-11-22(18-21)31(35)36/h2-18,27H,1H3,(H,30,33)/t27-/m0/s1. The average molecular weight is 511 g/mol. The number of para-hydroxylation sites is 1. The Bertz CT molecular complexity index is 1480. The summed E-state index contributed by atoms with van der Waals surface area (Å²) in [5.41, 5.74) is 0.722. The van der Waals surface area contributed by atoms with Crippen molar-refractivity contribution < 1.29 is 28.8 Å². The van der Waals surface area contributed by atoms with Gasteiger partial charge in [0.1, 0.15) is 5.75 Å². The van der Waals surface area contributed by atoms with E-state index in [0.29, 0.717) is 16.9 Å². The largest absolute Gasteiger partial charge is 0.497 e. The molecule has 0 aliphatic heterocycles. The van der Waals surface area contributed by atoms with Gasteiger partial charge in [-0.3, -0.25) is 19.7 Å².